The van der Waals surface area contributed by atoms with Crippen LogP contribution in [0.3, 0.4) is 0 Å². The van der Waals surface area contributed by atoms with Gasteiger partial charge >= 0.3 is 6.18 Å². The molecule has 0 amide bonds. The number of rotatable bonds is 4. The number of hydrogen-bond donors (Lipinski definition) is 3. The fourth-order valence-electron chi connectivity index (χ4n) is 1.05. The maximum atomic E-state index is 12.0. The van der Waals surface area contributed by atoms with E-state index in [4.69, 9.17) is 11.5 Å². The molecule has 1 aromatic rings. The molecule has 0 atom stereocenters. The van der Waals surface area contributed by atoms with Gasteiger partial charge in [0.15, 0.2) is 11.1 Å². The van der Waals surface area contributed by atoms with Crippen molar-refractivity contribution in [3.63, 3.8) is 0 Å². The number of hydrogen-bond acceptors (Lipinski definition) is 5. The van der Waals surface area contributed by atoms with Crippen LogP contribution in [0.2, 0.25) is 0 Å². The summed E-state index contributed by atoms with van der Waals surface area (Å²) in [6.45, 7) is -1.08. The zero-order valence-corrected chi connectivity index (χ0v) is 11.6. The molecule has 21 heavy (non-hydrogen) atoms. The van der Waals surface area contributed by atoms with E-state index in [1.165, 1.54) is 24.0 Å². The molecule has 1 heterocycles. The summed E-state index contributed by atoms with van der Waals surface area (Å²) in [4.78, 5) is 11.2. The molecular formula is C11H13F3N6S. The summed E-state index contributed by atoms with van der Waals surface area (Å²) >= 11 is 1.27. The molecule has 6 nitrogen and oxygen atoms in total. The van der Waals surface area contributed by atoms with E-state index >= 15 is 0 Å². The second-order valence-electron chi connectivity index (χ2n) is 3.51. The van der Waals surface area contributed by atoms with Crippen LogP contribution in [-0.2, 0) is 0 Å². The van der Waals surface area contributed by atoms with Gasteiger partial charge < -0.3 is 16.8 Å². The molecule has 0 radical (unpaired) electrons. The quantitative estimate of drug-likeness (QED) is 0.250. The van der Waals surface area contributed by atoms with Gasteiger partial charge in [-0.2, -0.15) is 13.2 Å². The number of aromatic nitrogens is 2. The van der Waals surface area contributed by atoms with Crippen LogP contribution < -0.4 is 16.8 Å². The largest absolute Gasteiger partial charge is 0.408 e. The number of nitrogens with two attached hydrogens (primary N) is 2. The number of aliphatic imine (C=N–C) groups is 1. The Hall–Kier alpha value is -1.99. The van der Waals surface area contributed by atoms with Crippen LogP contribution in [0.5, 0.6) is 0 Å². The summed E-state index contributed by atoms with van der Waals surface area (Å²) in [5.41, 5.74) is 10.6. The lowest BCUT2D eigenvalue weighted by molar-refractivity contribution is -0.118. The lowest BCUT2D eigenvalue weighted by Gasteiger charge is -2.06. The molecule has 10 heteroatoms. The maximum Gasteiger partial charge on any atom is 0.408 e. The highest BCUT2D eigenvalue weighted by molar-refractivity contribution is 7.99. The summed E-state index contributed by atoms with van der Waals surface area (Å²) < 4.78 is 35.9. The molecule has 0 aliphatic carbocycles. The van der Waals surface area contributed by atoms with E-state index in [9.17, 15) is 13.2 Å². The van der Waals surface area contributed by atoms with E-state index in [0.717, 1.165) is 0 Å². The predicted octanol–water partition coefficient (Wildman–Crippen LogP) is 0.820. The molecule has 0 saturated heterocycles. The zero-order valence-electron chi connectivity index (χ0n) is 10.8. The number of anilines is 1. The van der Waals surface area contributed by atoms with Crippen molar-refractivity contribution in [3.8, 4) is 11.8 Å². The van der Waals surface area contributed by atoms with Crippen molar-refractivity contribution in [2.45, 2.75) is 11.3 Å². The van der Waals surface area contributed by atoms with Crippen molar-refractivity contribution in [3.05, 3.63) is 12.3 Å². The van der Waals surface area contributed by atoms with E-state index in [0.29, 0.717) is 10.9 Å². The first kappa shape index (κ1) is 17.1. The minimum absolute atomic E-state index is 0.253. The van der Waals surface area contributed by atoms with Crippen molar-refractivity contribution in [1.82, 2.24) is 9.97 Å². The van der Waals surface area contributed by atoms with Gasteiger partial charge in [0.1, 0.15) is 12.4 Å². The molecule has 0 aromatic carbocycles. The highest BCUT2D eigenvalue weighted by Crippen LogP contribution is 2.15. The van der Waals surface area contributed by atoms with Crippen molar-refractivity contribution < 1.29 is 13.2 Å². The monoisotopic (exact) mass is 318 g/mol. The standard InChI is InChI=1S/C11H13F3N6S/c12-11(13,14)7-18-9(16)19-8-3-5-17-10(20-8)21-6-2-1-4-15/h3,5H,4,6-7,15H2,(H3,16,17,18,19,20). The molecule has 1 rings (SSSR count). The number of halogens is 3. The molecule has 0 bridgehead atoms. The normalized spacial score (nSPS) is 11.7. The number of nitrogens with zero attached hydrogens (tertiary/aromatic N) is 3. The van der Waals surface area contributed by atoms with Crippen LogP contribution in [-0.4, -0.2) is 40.9 Å². The van der Waals surface area contributed by atoms with Gasteiger partial charge in [-0.25, -0.2) is 15.0 Å². The molecule has 0 unspecified atom stereocenters. The fourth-order valence-corrected chi connectivity index (χ4v) is 1.65. The summed E-state index contributed by atoms with van der Waals surface area (Å²) in [5.74, 6) is 5.82. The van der Waals surface area contributed by atoms with Crippen molar-refractivity contribution in [2.75, 3.05) is 24.2 Å². The van der Waals surface area contributed by atoms with Crippen LogP contribution in [0.4, 0.5) is 19.0 Å². The molecule has 1 aromatic heterocycles. The average Bonchev–Trinajstić information content (AvgIpc) is 2.41. The van der Waals surface area contributed by atoms with Gasteiger partial charge in [0, 0.05) is 6.20 Å². The Morgan fingerprint density at radius 1 is 1.43 bits per heavy atom. The lowest BCUT2D eigenvalue weighted by atomic mass is 10.6. The highest BCUT2D eigenvalue weighted by atomic mass is 32.2. The molecule has 114 valence electrons. The van der Waals surface area contributed by atoms with Crippen LogP contribution in [0, 0.1) is 11.8 Å². The van der Waals surface area contributed by atoms with Gasteiger partial charge in [-0.05, 0) is 6.07 Å². The third-order valence-electron chi connectivity index (χ3n) is 1.82. The number of nitrogens with one attached hydrogen (secondary N) is 1. The van der Waals surface area contributed by atoms with Gasteiger partial charge in [0.05, 0.1) is 12.3 Å². The predicted molar refractivity (Wildman–Crippen MR) is 75.8 cm³/mol. The third-order valence-corrected chi connectivity index (χ3v) is 2.56. The van der Waals surface area contributed by atoms with Gasteiger partial charge in [-0.15, -0.1) is 0 Å². The van der Waals surface area contributed by atoms with E-state index < -0.39 is 12.7 Å². The Morgan fingerprint density at radius 2 is 2.19 bits per heavy atom. The van der Waals surface area contributed by atoms with Crippen LogP contribution >= 0.6 is 11.8 Å². The van der Waals surface area contributed by atoms with Gasteiger partial charge in [0.2, 0.25) is 0 Å². The molecular weight excluding hydrogens is 305 g/mol. The average molecular weight is 318 g/mol. The molecule has 0 fully saturated rings. The summed E-state index contributed by atoms with van der Waals surface area (Å²) in [6.07, 6.45) is -2.95. The zero-order chi connectivity index (χ0) is 15.7. The van der Waals surface area contributed by atoms with Gasteiger partial charge in [0.25, 0.3) is 0 Å². The Labute approximate surface area is 123 Å². The lowest BCUT2D eigenvalue weighted by Crippen LogP contribution is -2.26. The first-order valence-corrected chi connectivity index (χ1v) is 6.64. The van der Waals surface area contributed by atoms with E-state index in [1.54, 1.807) is 0 Å². The minimum Gasteiger partial charge on any atom is -0.370 e. The van der Waals surface area contributed by atoms with Gasteiger partial charge in [-0.3, -0.25) is 0 Å². The van der Waals surface area contributed by atoms with Crippen LogP contribution in [0.15, 0.2) is 22.4 Å². The van der Waals surface area contributed by atoms with Gasteiger partial charge in [-0.1, -0.05) is 23.6 Å². The summed E-state index contributed by atoms with van der Waals surface area (Å²) in [6, 6.07) is 1.46. The molecule has 0 saturated carbocycles. The second kappa shape index (κ2) is 8.33. The smallest absolute Gasteiger partial charge is 0.370 e. The van der Waals surface area contributed by atoms with Crippen molar-refractivity contribution >= 4 is 23.5 Å². The molecule has 0 aliphatic heterocycles. The van der Waals surface area contributed by atoms with Crippen LogP contribution in [0.1, 0.15) is 0 Å². The summed E-state index contributed by atoms with van der Waals surface area (Å²) in [7, 11) is 0. The van der Waals surface area contributed by atoms with E-state index in [-0.39, 0.29) is 18.3 Å². The highest BCUT2D eigenvalue weighted by Gasteiger charge is 2.26. The topological polar surface area (TPSA) is 102 Å². The Bertz CT molecular complexity index is 549. The Morgan fingerprint density at radius 3 is 2.86 bits per heavy atom. The fraction of sp³-hybridized carbons (Fsp3) is 0.364. The molecule has 0 spiro atoms. The number of alkyl halides is 3. The van der Waals surface area contributed by atoms with Crippen LogP contribution in [0.25, 0.3) is 0 Å². The number of guanidine groups is 1. The number of thioether (sulfide) groups is 1. The first-order valence-electron chi connectivity index (χ1n) is 5.66. The van der Waals surface area contributed by atoms with Crippen molar-refractivity contribution in [1.29, 1.82) is 0 Å². The van der Waals surface area contributed by atoms with E-state index in [1.807, 2.05) is 0 Å². The minimum atomic E-state index is -4.40. The van der Waals surface area contributed by atoms with Crippen molar-refractivity contribution in [2.24, 2.45) is 16.5 Å². The SMILES string of the molecule is NCC#CCSc1nccc(NC(N)=NCC(F)(F)F)n1. The third kappa shape index (κ3) is 8.01. The summed E-state index contributed by atoms with van der Waals surface area (Å²) in [5, 5.41) is 2.88. The first-order chi connectivity index (χ1) is 9.90. The molecule has 5 N–H and O–H groups in total. The second-order valence-corrected chi connectivity index (χ2v) is 4.45. The Kier molecular flexibility index (Phi) is 6.77. The Balaban J connectivity index is 2.59. The van der Waals surface area contributed by atoms with E-state index in [2.05, 4.69) is 32.1 Å². The molecule has 0 aliphatic rings. The maximum absolute atomic E-state index is 12.0.